The summed E-state index contributed by atoms with van der Waals surface area (Å²) in [5.41, 5.74) is 1.76. The second-order valence-electron chi connectivity index (χ2n) is 7.79. The first-order valence-corrected chi connectivity index (χ1v) is 9.86. The van der Waals surface area contributed by atoms with Crippen LogP contribution in [0.15, 0.2) is 23.2 Å². The second-order valence-corrected chi connectivity index (χ2v) is 7.79. The number of nitrogens with zero attached hydrogens (tertiary/aromatic N) is 3. The third-order valence-electron chi connectivity index (χ3n) is 4.49. The molecule has 0 unspecified atom stereocenters. The van der Waals surface area contributed by atoms with Crippen molar-refractivity contribution in [3.05, 3.63) is 35.1 Å². The molecule has 7 heteroatoms. The van der Waals surface area contributed by atoms with Crippen LogP contribution in [0.1, 0.15) is 45.2 Å². The zero-order valence-corrected chi connectivity index (χ0v) is 20.9. The van der Waals surface area contributed by atoms with Crippen LogP contribution in [0.4, 0.5) is 4.39 Å². The fourth-order valence-corrected chi connectivity index (χ4v) is 3.19. The molecule has 1 rings (SSSR count). The Morgan fingerprint density at radius 3 is 2.29 bits per heavy atom. The maximum atomic E-state index is 13.9. The lowest BCUT2D eigenvalue weighted by Gasteiger charge is -2.30. The highest BCUT2D eigenvalue weighted by Crippen LogP contribution is 2.12. The molecule has 5 nitrogen and oxygen atoms in total. The Bertz CT molecular complexity index is 582. The highest BCUT2D eigenvalue weighted by Gasteiger charge is 2.12. The first-order chi connectivity index (χ1) is 12.7. The van der Waals surface area contributed by atoms with E-state index in [-0.39, 0.29) is 29.8 Å². The second kappa shape index (κ2) is 14.1. The van der Waals surface area contributed by atoms with E-state index >= 15 is 0 Å². The summed E-state index contributed by atoms with van der Waals surface area (Å²) in [5, 5.41) is 6.67. The first-order valence-electron chi connectivity index (χ1n) is 9.86. The van der Waals surface area contributed by atoms with Crippen LogP contribution in [0.25, 0.3) is 0 Å². The van der Waals surface area contributed by atoms with Crippen LogP contribution < -0.4 is 10.6 Å². The van der Waals surface area contributed by atoms with E-state index in [2.05, 4.69) is 48.2 Å². The van der Waals surface area contributed by atoms with E-state index in [1.165, 1.54) is 0 Å². The molecule has 0 heterocycles. The van der Waals surface area contributed by atoms with Gasteiger partial charge in [-0.2, -0.15) is 0 Å². The minimum absolute atomic E-state index is 0. The molecule has 0 aliphatic rings. The van der Waals surface area contributed by atoms with E-state index in [4.69, 9.17) is 0 Å². The number of nitrogens with one attached hydrogen (secondary N) is 2. The summed E-state index contributed by atoms with van der Waals surface area (Å²) in [4.78, 5) is 8.73. The number of hydrogen-bond acceptors (Lipinski definition) is 3. The standard InChI is InChI=1S/C21H38FN5.HI/c1-16(2)27(17(3)4)12-8-11-24-21(23-5)25-14-18-9-10-20(22)19(13-18)15-26(6)7;/h9-10,13,16-17H,8,11-12,14-15H2,1-7H3,(H2,23,24,25);1H. The van der Waals surface area contributed by atoms with Crippen molar-refractivity contribution in [1.82, 2.24) is 20.4 Å². The van der Waals surface area contributed by atoms with Gasteiger partial charge in [0.1, 0.15) is 5.82 Å². The van der Waals surface area contributed by atoms with Crippen molar-refractivity contribution in [2.75, 3.05) is 34.2 Å². The molecule has 0 saturated carbocycles. The van der Waals surface area contributed by atoms with Gasteiger partial charge in [0.2, 0.25) is 0 Å². The first kappa shape index (κ1) is 27.1. The summed E-state index contributed by atoms with van der Waals surface area (Å²) in [6.45, 7) is 12.1. The Kier molecular flexibility index (Phi) is 13.6. The Balaban J connectivity index is 0.00000729. The Morgan fingerprint density at radius 1 is 1.11 bits per heavy atom. The van der Waals surface area contributed by atoms with Gasteiger partial charge in [-0.3, -0.25) is 9.89 Å². The van der Waals surface area contributed by atoms with Gasteiger partial charge in [-0.05, 0) is 65.9 Å². The molecule has 28 heavy (non-hydrogen) atoms. The smallest absolute Gasteiger partial charge is 0.191 e. The number of guanidine groups is 1. The fraction of sp³-hybridized carbons (Fsp3) is 0.667. The van der Waals surface area contributed by atoms with Crippen molar-refractivity contribution in [2.24, 2.45) is 4.99 Å². The Hall–Kier alpha value is -0.930. The zero-order chi connectivity index (χ0) is 20.4. The molecule has 0 saturated heterocycles. The SMILES string of the molecule is CN=C(NCCCN(C(C)C)C(C)C)NCc1ccc(F)c(CN(C)C)c1.I. The highest BCUT2D eigenvalue weighted by atomic mass is 127. The highest BCUT2D eigenvalue weighted by molar-refractivity contribution is 14.0. The quantitative estimate of drug-likeness (QED) is 0.220. The van der Waals surface area contributed by atoms with Gasteiger partial charge in [0.25, 0.3) is 0 Å². The average molecular weight is 507 g/mol. The van der Waals surface area contributed by atoms with Gasteiger partial charge in [-0.1, -0.05) is 6.07 Å². The molecule has 0 bridgehead atoms. The lowest BCUT2D eigenvalue weighted by molar-refractivity contribution is 0.173. The van der Waals surface area contributed by atoms with Gasteiger partial charge in [-0.25, -0.2) is 4.39 Å². The molecule has 0 aliphatic heterocycles. The van der Waals surface area contributed by atoms with E-state index in [1.807, 2.05) is 31.1 Å². The number of rotatable bonds is 10. The van der Waals surface area contributed by atoms with Crippen LogP contribution in [0, 0.1) is 5.82 Å². The summed E-state index contributed by atoms with van der Waals surface area (Å²) in [5.74, 6) is 0.615. The van der Waals surface area contributed by atoms with Crippen molar-refractivity contribution in [3.8, 4) is 0 Å². The van der Waals surface area contributed by atoms with Gasteiger partial charge in [0.15, 0.2) is 5.96 Å². The lowest BCUT2D eigenvalue weighted by Crippen LogP contribution is -2.41. The largest absolute Gasteiger partial charge is 0.356 e. The van der Waals surface area contributed by atoms with E-state index in [0.29, 0.717) is 30.7 Å². The van der Waals surface area contributed by atoms with Gasteiger partial charge in [0, 0.05) is 50.9 Å². The van der Waals surface area contributed by atoms with Gasteiger partial charge in [-0.15, -0.1) is 24.0 Å². The maximum absolute atomic E-state index is 13.9. The number of aliphatic imine (C=N–C) groups is 1. The van der Waals surface area contributed by atoms with E-state index < -0.39 is 0 Å². The van der Waals surface area contributed by atoms with Crippen LogP contribution in [0.3, 0.4) is 0 Å². The molecular formula is C21H39FIN5. The monoisotopic (exact) mass is 507 g/mol. The molecule has 0 aliphatic carbocycles. The molecule has 2 N–H and O–H groups in total. The van der Waals surface area contributed by atoms with Crippen LogP contribution in [-0.4, -0.2) is 62.1 Å². The predicted octanol–water partition coefficient (Wildman–Crippen LogP) is 3.68. The van der Waals surface area contributed by atoms with Gasteiger partial charge < -0.3 is 15.5 Å². The van der Waals surface area contributed by atoms with Gasteiger partial charge in [0.05, 0.1) is 0 Å². The molecule has 0 spiro atoms. The average Bonchev–Trinajstić information content (AvgIpc) is 2.58. The van der Waals surface area contributed by atoms with Crippen LogP contribution in [0.2, 0.25) is 0 Å². The Labute approximate surface area is 188 Å². The molecule has 0 amide bonds. The van der Waals surface area contributed by atoms with Crippen LogP contribution in [0.5, 0.6) is 0 Å². The molecule has 0 aromatic heterocycles. The third-order valence-corrected chi connectivity index (χ3v) is 4.49. The molecule has 0 radical (unpaired) electrons. The van der Waals surface area contributed by atoms with Crippen LogP contribution in [-0.2, 0) is 13.1 Å². The fourth-order valence-electron chi connectivity index (χ4n) is 3.19. The van der Waals surface area contributed by atoms with Crippen molar-refractivity contribution >= 4 is 29.9 Å². The summed E-state index contributed by atoms with van der Waals surface area (Å²) in [6.07, 6.45) is 1.06. The minimum Gasteiger partial charge on any atom is -0.356 e. The molecule has 1 aromatic rings. The maximum Gasteiger partial charge on any atom is 0.191 e. The Morgan fingerprint density at radius 2 is 1.75 bits per heavy atom. The molecule has 1 aromatic carbocycles. The summed E-state index contributed by atoms with van der Waals surface area (Å²) in [6, 6.07) is 6.38. The number of hydrogen-bond donors (Lipinski definition) is 2. The third kappa shape index (κ3) is 10.0. The van der Waals surface area contributed by atoms with Gasteiger partial charge >= 0.3 is 0 Å². The number of halogens is 2. The van der Waals surface area contributed by atoms with E-state index in [9.17, 15) is 4.39 Å². The molecule has 0 fully saturated rings. The van der Waals surface area contributed by atoms with Crippen molar-refractivity contribution < 1.29 is 4.39 Å². The van der Waals surface area contributed by atoms with E-state index in [1.54, 1.807) is 13.1 Å². The predicted molar refractivity (Wildman–Crippen MR) is 129 cm³/mol. The van der Waals surface area contributed by atoms with Crippen molar-refractivity contribution in [3.63, 3.8) is 0 Å². The minimum atomic E-state index is -0.158. The lowest BCUT2D eigenvalue weighted by atomic mass is 10.1. The molecule has 0 atom stereocenters. The van der Waals surface area contributed by atoms with Crippen LogP contribution >= 0.6 is 24.0 Å². The van der Waals surface area contributed by atoms with E-state index in [0.717, 1.165) is 31.0 Å². The normalized spacial score (nSPS) is 12.1. The summed E-state index contributed by atoms with van der Waals surface area (Å²) < 4.78 is 13.9. The molecule has 162 valence electrons. The number of benzene rings is 1. The van der Waals surface area contributed by atoms with Crippen molar-refractivity contribution in [2.45, 2.75) is 59.3 Å². The molecular weight excluding hydrogens is 468 g/mol. The van der Waals surface area contributed by atoms with Crippen molar-refractivity contribution in [1.29, 1.82) is 0 Å². The summed E-state index contributed by atoms with van der Waals surface area (Å²) in [7, 11) is 5.65. The topological polar surface area (TPSA) is 42.9 Å². The zero-order valence-electron chi connectivity index (χ0n) is 18.6. The summed E-state index contributed by atoms with van der Waals surface area (Å²) >= 11 is 0.